The van der Waals surface area contributed by atoms with E-state index in [1.54, 1.807) is 45.9 Å². The molecule has 0 spiro atoms. The number of aliphatic hydroxyl groups excluding tert-OH is 3. The molecule has 3 aliphatic heterocycles. The number of phenolic OH excluding ortho intramolecular Hbond substituents is 1. The number of benzene rings is 3. The zero-order chi connectivity index (χ0) is 47.4. The molecule has 0 unspecified atom stereocenters. The molecule has 0 aliphatic carbocycles. The lowest BCUT2D eigenvalue weighted by Gasteiger charge is -2.38. The highest BCUT2D eigenvalue weighted by atomic mass is 16.7. The quantitative estimate of drug-likeness (QED) is 0.0931. The number of methoxy groups -OCH3 is 1. The molecule has 65 heavy (non-hydrogen) atoms. The summed E-state index contributed by atoms with van der Waals surface area (Å²) < 4.78 is 30.5. The molecule has 4 aromatic rings. The number of hydrogen-bond donors (Lipinski definition) is 5. The molecule has 7 rings (SSSR count). The summed E-state index contributed by atoms with van der Waals surface area (Å²) in [5.41, 5.74) is -1.29. The number of hydrogen-bond acceptors (Lipinski definition) is 15. The number of phenols is 1. The van der Waals surface area contributed by atoms with Gasteiger partial charge in [0.05, 0.1) is 35.2 Å². The number of fused-ring (bicyclic) bond motifs is 2. The normalized spacial score (nSPS) is 30.2. The monoisotopic (exact) mass is 897 g/mol. The third-order valence-electron chi connectivity index (χ3n) is 13.6. The number of esters is 1. The Balaban J connectivity index is 1.48. The van der Waals surface area contributed by atoms with Crippen LogP contribution in [0.15, 0.2) is 62.3 Å². The number of aliphatic hydroxyl groups is 3. The fourth-order valence-corrected chi connectivity index (χ4v) is 9.33. The SMILES string of the molecule is CO[C@H]1/C=C/O[C@@]2(C)Oc3c(C)c(O)c4c(=O)c(c5oc6cc(N7CCC(C)CC7)cc(=O)c6nc5c4c3=C2O)NC(=O)/C(C)=C\C=C\[C@H](C)[C@H](O)[C@@H](C)[C@@H](O)[C@@H](C)[C@H](OC(C)=O)[C@@H]1C. The number of aromatic hydroxyl groups is 1. The fourth-order valence-electron chi connectivity index (χ4n) is 9.33. The average molecular weight is 898 g/mol. The molecule has 1 saturated heterocycles. The predicted molar refractivity (Wildman–Crippen MR) is 246 cm³/mol. The standard InChI is InChI=1S/C49H59N3O13/c1-22-14-17-52(18-15-22)30-20-31(54)37-33(21-30)64-46-38(50-37)34-35-42(57)28(7)45-36(34)47(59)49(9,65-45)62-19-16-32(61-10)25(4)44(63-29(8)53)27(6)41(56)26(5)40(55)23(2)12-11-13-24(3)48(60)51-39(46)43(35)58/h11-13,16,19-23,25-27,32,40-41,44,55-57,59H,14-15,17-18H2,1-10H3,(H,51,60)/b12-11+,19-16+,24-13-/t23-,25+,26+,27+,32-,40-,41+,44+,49-/m0/s1. The summed E-state index contributed by atoms with van der Waals surface area (Å²) >= 11 is 0. The van der Waals surface area contributed by atoms with E-state index < -0.39 is 88.1 Å². The van der Waals surface area contributed by atoms with Crippen LogP contribution < -0.4 is 31.0 Å². The summed E-state index contributed by atoms with van der Waals surface area (Å²) in [6.45, 7) is 16.2. The molecule has 1 amide bonds. The highest BCUT2D eigenvalue weighted by Gasteiger charge is 2.44. The topological polar surface area (TPSA) is 227 Å². The van der Waals surface area contributed by atoms with Gasteiger partial charge in [0.15, 0.2) is 22.4 Å². The number of amides is 1. The lowest BCUT2D eigenvalue weighted by molar-refractivity contribution is -0.160. The highest BCUT2D eigenvalue weighted by Crippen LogP contribution is 2.42. The highest BCUT2D eigenvalue weighted by molar-refractivity contribution is 6.16. The number of nitrogens with one attached hydrogen (secondary N) is 1. The van der Waals surface area contributed by atoms with Gasteiger partial charge in [-0.05, 0) is 38.7 Å². The van der Waals surface area contributed by atoms with Crippen molar-refractivity contribution in [2.45, 2.75) is 105 Å². The number of carbonyl (C=O) groups is 2. The number of nitrogens with zero attached hydrogens (tertiary/aromatic N) is 2. The molecule has 16 nitrogen and oxygen atoms in total. The summed E-state index contributed by atoms with van der Waals surface area (Å²) in [7, 11) is 1.45. The van der Waals surface area contributed by atoms with Gasteiger partial charge in [0.2, 0.25) is 10.9 Å². The number of rotatable bonds is 3. The van der Waals surface area contributed by atoms with Crippen molar-refractivity contribution in [3.05, 3.63) is 79.5 Å². The summed E-state index contributed by atoms with van der Waals surface area (Å²) in [6.07, 6.45) is 5.44. The summed E-state index contributed by atoms with van der Waals surface area (Å²) in [5.74, 6) is -6.36. The number of piperidine rings is 1. The Kier molecular flexibility index (Phi) is 13.1. The molecule has 348 valence electrons. The maximum atomic E-state index is 14.8. The first-order valence-electron chi connectivity index (χ1n) is 22.1. The third kappa shape index (κ3) is 8.54. The van der Waals surface area contributed by atoms with E-state index in [0.717, 1.165) is 25.9 Å². The Bertz CT molecular complexity index is 2830. The van der Waals surface area contributed by atoms with E-state index in [2.05, 4.69) is 17.1 Å². The van der Waals surface area contributed by atoms with E-state index in [-0.39, 0.29) is 60.8 Å². The molecule has 0 saturated carbocycles. The Morgan fingerprint density at radius 1 is 0.938 bits per heavy atom. The molecule has 1 aromatic heterocycles. The van der Waals surface area contributed by atoms with Gasteiger partial charge in [-0.25, -0.2) is 4.98 Å². The molecule has 3 aliphatic rings. The molecule has 16 heteroatoms. The Morgan fingerprint density at radius 2 is 1.63 bits per heavy atom. The van der Waals surface area contributed by atoms with E-state index in [4.69, 9.17) is 28.3 Å². The molecule has 4 bridgehead atoms. The average Bonchev–Trinajstić information content (AvgIpc) is 3.54. The van der Waals surface area contributed by atoms with E-state index in [1.807, 2.05) is 0 Å². The van der Waals surface area contributed by atoms with E-state index in [9.17, 15) is 39.6 Å². The van der Waals surface area contributed by atoms with Crippen molar-refractivity contribution in [3.8, 4) is 11.5 Å². The van der Waals surface area contributed by atoms with Crippen LogP contribution in [-0.2, 0) is 23.8 Å². The van der Waals surface area contributed by atoms with Crippen LogP contribution in [0.4, 0.5) is 11.4 Å². The minimum Gasteiger partial charge on any atom is -0.507 e. The first kappa shape index (κ1) is 47.0. The Hall–Kier alpha value is -5.97. The number of carbonyl (C=O) groups excluding carboxylic acids is 2. The summed E-state index contributed by atoms with van der Waals surface area (Å²) in [6, 6.07) is 3.15. The van der Waals surface area contributed by atoms with Gasteiger partial charge in [-0.1, -0.05) is 52.8 Å². The van der Waals surface area contributed by atoms with Crippen molar-refractivity contribution < 1.29 is 53.4 Å². The molecular weight excluding hydrogens is 839 g/mol. The zero-order valence-corrected chi connectivity index (χ0v) is 38.4. The lowest BCUT2D eigenvalue weighted by atomic mass is 9.78. The van der Waals surface area contributed by atoms with Crippen molar-refractivity contribution in [2.75, 3.05) is 30.4 Å². The number of ether oxygens (including phenoxy) is 4. The van der Waals surface area contributed by atoms with Crippen molar-refractivity contribution in [3.63, 3.8) is 0 Å². The number of aromatic nitrogens is 1. The molecule has 5 N–H and O–H groups in total. The summed E-state index contributed by atoms with van der Waals surface area (Å²) in [5, 5.41) is 49.2. The minimum absolute atomic E-state index is 0.0455. The first-order valence-corrected chi connectivity index (χ1v) is 22.1. The van der Waals surface area contributed by atoms with Crippen molar-refractivity contribution in [1.29, 1.82) is 0 Å². The van der Waals surface area contributed by atoms with Gasteiger partial charge >= 0.3 is 11.8 Å². The van der Waals surface area contributed by atoms with Crippen molar-refractivity contribution >= 4 is 62.0 Å². The minimum atomic E-state index is -1.98. The van der Waals surface area contributed by atoms with Crippen molar-refractivity contribution in [2.24, 2.45) is 29.6 Å². The number of anilines is 2. The van der Waals surface area contributed by atoms with Crippen LogP contribution >= 0.6 is 0 Å². The fraction of sp³-hybridized carbons (Fsp3) is 0.490. The van der Waals surface area contributed by atoms with E-state index >= 15 is 0 Å². The molecule has 1 fully saturated rings. The van der Waals surface area contributed by atoms with Gasteiger partial charge < -0.3 is 54.0 Å². The van der Waals surface area contributed by atoms with E-state index in [0.29, 0.717) is 11.6 Å². The van der Waals surface area contributed by atoms with Gasteiger partial charge in [0.25, 0.3) is 5.91 Å². The number of allylic oxidation sites excluding steroid dienone is 2. The van der Waals surface area contributed by atoms with Crippen LogP contribution in [-0.4, -0.2) is 87.7 Å². The van der Waals surface area contributed by atoms with Crippen LogP contribution in [0, 0.1) is 36.5 Å². The van der Waals surface area contributed by atoms with Crippen LogP contribution in [0.2, 0.25) is 0 Å². The Morgan fingerprint density at radius 3 is 2.29 bits per heavy atom. The largest absolute Gasteiger partial charge is 0.507 e. The third-order valence-corrected chi connectivity index (χ3v) is 13.6. The van der Waals surface area contributed by atoms with Gasteiger partial charge in [-0.15, -0.1) is 0 Å². The molecule has 9 atom stereocenters. The molecular formula is C49H59N3O13. The lowest BCUT2D eigenvalue weighted by Crippen LogP contribution is -2.46. The maximum absolute atomic E-state index is 14.8. The van der Waals surface area contributed by atoms with E-state index in [1.165, 1.54) is 59.3 Å². The second-order valence-corrected chi connectivity index (χ2v) is 18.2. The van der Waals surface area contributed by atoms with Crippen molar-refractivity contribution in [1.82, 2.24) is 4.98 Å². The predicted octanol–water partition coefficient (Wildman–Crippen LogP) is 5.80. The van der Waals surface area contributed by atoms with Gasteiger partial charge in [-0.2, -0.15) is 0 Å². The van der Waals surface area contributed by atoms with Gasteiger partial charge in [0.1, 0.15) is 28.8 Å². The van der Waals surface area contributed by atoms with Gasteiger partial charge in [-0.3, -0.25) is 19.2 Å². The second-order valence-electron chi connectivity index (χ2n) is 18.2. The van der Waals surface area contributed by atoms with Crippen LogP contribution in [0.25, 0.3) is 38.7 Å². The summed E-state index contributed by atoms with van der Waals surface area (Å²) in [4.78, 5) is 62.0. The smallest absolute Gasteiger partial charge is 0.307 e. The Labute approximate surface area is 375 Å². The first-order chi connectivity index (χ1) is 30.7. The van der Waals surface area contributed by atoms with Crippen LogP contribution in [0.3, 0.4) is 0 Å². The zero-order valence-electron chi connectivity index (χ0n) is 38.4. The van der Waals surface area contributed by atoms with Crippen LogP contribution in [0.5, 0.6) is 11.5 Å². The molecule has 3 aromatic carbocycles. The maximum Gasteiger partial charge on any atom is 0.307 e. The van der Waals surface area contributed by atoms with Crippen LogP contribution in [0.1, 0.15) is 73.8 Å². The van der Waals surface area contributed by atoms with Gasteiger partial charge in [0, 0.05) is 92.1 Å². The molecule has 0 radical (unpaired) electrons. The second kappa shape index (κ2) is 18.1. The molecule has 4 heterocycles.